The maximum atomic E-state index is 6.90. The van der Waals surface area contributed by atoms with E-state index in [-0.39, 0.29) is 5.53 Å². The summed E-state index contributed by atoms with van der Waals surface area (Å²) in [6.45, 7) is 1.82. The Morgan fingerprint density at radius 1 is 2.50 bits per heavy atom. The van der Waals surface area contributed by atoms with Crippen LogP contribution >= 0.6 is 9.24 Å². The van der Waals surface area contributed by atoms with E-state index in [1.54, 1.807) is 0 Å². The highest BCUT2D eigenvalue weighted by Gasteiger charge is 1.69. The first-order chi connectivity index (χ1) is 2.00. The highest BCUT2D eigenvalue weighted by atomic mass is 31.0. The first-order valence-corrected chi connectivity index (χ1v) is 1.87. The first kappa shape index (κ1) is 2.72. The molecule has 0 aliphatic heterocycles. The highest BCUT2D eigenvalue weighted by molar-refractivity contribution is 7.20. The fraction of sp³-hybridized carbons (Fsp3) is 1.00. The van der Waals surface area contributed by atoms with E-state index in [1.807, 2.05) is 14.8 Å². The van der Waals surface area contributed by atoms with Crippen LogP contribution in [-0.2, 0) is 0 Å². The van der Waals surface area contributed by atoms with E-state index in [1.165, 1.54) is 0 Å². The number of hydrogen-bond donors (Lipinski definition) is 0. The molecule has 0 heterocycles. The lowest BCUT2D eigenvalue weighted by Gasteiger charge is -1.78. The van der Waals surface area contributed by atoms with E-state index in [4.69, 9.17) is 1.37 Å². The zero-order valence-corrected chi connectivity index (χ0v) is 4.23. The Bertz CT molecular complexity index is 25.1. The molecule has 0 nitrogen and oxygen atoms in total. The average molecular weight is 75.9 g/mol. The molecule has 0 amide bonds. The zero-order chi connectivity index (χ0) is 4.50. The molecular formula is C2H8BP. The molecule has 0 bridgehead atoms. The molecule has 0 aromatic rings. The van der Waals surface area contributed by atoms with Crippen molar-refractivity contribution in [3.63, 3.8) is 0 Å². The SMILES string of the molecule is [3H]C(B)(C)P. The van der Waals surface area contributed by atoms with Gasteiger partial charge in [-0.25, -0.2) is 0 Å². The van der Waals surface area contributed by atoms with Gasteiger partial charge in [-0.15, -0.1) is 9.24 Å². The van der Waals surface area contributed by atoms with Gasteiger partial charge in [-0.2, -0.15) is 0 Å². The van der Waals surface area contributed by atoms with Crippen LogP contribution in [0.2, 0.25) is 0 Å². The molecule has 24 valence electrons. The molecule has 0 fully saturated rings. The topological polar surface area (TPSA) is 0 Å². The van der Waals surface area contributed by atoms with E-state index >= 15 is 0 Å². The van der Waals surface area contributed by atoms with Crippen LogP contribution in [0.15, 0.2) is 0 Å². The second-order valence-electron chi connectivity index (χ2n) is 1.08. The van der Waals surface area contributed by atoms with Crippen LogP contribution in [0, 0.1) is 0 Å². The van der Waals surface area contributed by atoms with Crippen molar-refractivity contribution in [2.75, 3.05) is 0 Å². The van der Waals surface area contributed by atoms with Crippen molar-refractivity contribution in [1.29, 1.82) is 0 Å². The Morgan fingerprint density at radius 2 is 2.50 bits per heavy atom. The molecule has 0 aromatic heterocycles. The molecule has 2 atom stereocenters. The standard InChI is InChI=1S/C2H8BP/c1-2(3)4/h2H,3-4H2,1H3/i2T. The molecule has 0 saturated heterocycles. The Kier molecular flexibility index (Phi) is 1.21. The molecule has 0 aliphatic carbocycles. The Balaban J connectivity index is 3.02. The van der Waals surface area contributed by atoms with E-state index in [0.29, 0.717) is 0 Å². The van der Waals surface area contributed by atoms with Crippen molar-refractivity contribution in [2.45, 2.75) is 12.5 Å². The van der Waals surface area contributed by atoms with Crippen molar-refractivity contribution in [3.05, 3.63) is 0 Å². The fourth-order valence-electron chi connectivity index (χ4n) is 0. The summed E-state index contributed by atoms with van der Waals surface area (Å²) in [5.74, 6) is 0. The van der Waals surface area contributed by atoms with Crippen LogP contribution in [-0.4, -0.2) is 13.4 Å². The summed E-state index contributed by atoms with van der Waals surface area (Å²) in [6.07, 6.45) is 0. The molecular weight excluding hydrogens is 65.8 g/mol. The zero-order valence-electron chi connectivity index (χ0n) is 4.08. The van der Waals surface area contributed by atoms with Crippen molar-refractivity contribution >= 4 is 17.1 Å². The minimum atomic E-state index is -0.333. The van der Waals surface area contributed by atoms with Gasteiger partial charge in [0.1, 0.15) is 7.85 Å². The van der Waals surface area contributed by atoms with Crippen LogP contribution in [0.4, 0.5) is 0 Å². The van der Waals surface area contributed by atoms with E-state index < -0.39 is 0 Å². The summed E-state index contributed by atoms with van der Waals surface area (Å²) in [7, 11) is 4.20. The van der Waals surface area contributed by atoms with E-state index in [9.17, 15) is 0 Å². The summed E-state index contributed by atoms with van der Waals surface area (Å²) in [4.78, 5) is 0. The Labute approximate surface area is 32.0 Å². The van der Waals surface area contributed by atoms with Crippen LogP contribution < -0.4 is 0 Å². The van der Waals surface area contributed by atoms with Crippen LogP contribution in [0.5, 0.6) is 0 Å². The van der Waals surface area contributed by atoms with Crippen molar-refractivity contribution < 1.29 is 1.37 Å². The molecule has 0 aliphatic rings. The molecule has 0 N–H and O–H groups in total. The van der Waals surface area contributed by atoms with Gasteiger partial charge in [-0.1, -0.05) is 12.5 Å². The molecule has 0 aromatic carbocycles. The fourth-order valence-corrected chi connectivity index (χ4v) is 0. The van der Waals surface area contributed by atoms with Gasteiger partial charge in [0.2, 0.25) is 0 Å². The van der Waals surface area contributed by atoms with E-state index in [2.05, 4.69) is 9.24 Å². The Morgan fingerprint density at radius 3 is 2.50 bits per heavy atom. The maximum absolute atomic E-state index is 6.90. The molecule has 2 heteroatoms. The summed E-state index contributed by atoms with van der Waals surface area (Å²) in [5, 5.41) is 0. The number of hydrogen-bond acceptors (Lipinski definition) is 0. The minimum Gasteiger partial charge on any atom is -0.143 e. The second-order valence-corrected chi connectivity index (χ2v) is 2.23. The van der Waals surface area contributed by atoms with Gasteiger partial charge < -0.3 is 0 Å². The summed E-state index contributed by atoms with van der Waals surface area (Å²) >= 11 is 0. The molecule has 0 spiro atoms. The van der Waals surface area contributed by atoms with Gasteiger partial charge in [0.25, 0.3) is 0 Å². The normalized spacial score (nSPS) is 27.0. The first-order valence-electron chi connectivity index (χ1n) is 1.79. The van der Waals surface area contributed by atoms with Crippen LogP contribution in [0.3, 0.4) is 0 Å². The molecule has 0 saturated carbocycles. The van der Waals surface area contributed by atoms with Gasteiger partial charge in [-0.05, 0) is 0 Å². The molecule has 0 radical (unpaired) electrons. The monoisotopic (exact) mass is 76.1 g/mol. The van der Waals surface area contributed by atoms with Crippen molar-refractivity contribution in [3.8, 4) is 0 Å². The summed E-state index contributed by atoms with van der Waals surface area (Å²) in [5.41, 5.74) is -0.333. The van der Waals surface area contributed by atoms with Gasteiger partial charge in [0.05, 0.1) is 0 Å². The predicted octanol–water partition coefficient (Wildman–Crippen LogP) is -0.159. The van der Waals surface area contributed by atoms with Gasteiger partial charge in [0.15, 0.2) is 0 Å². The lowest BCUT2D eigenvalue weighted by Crippen LogP contribution is -1.80. The third-order valence-electron chi connectivity index (χ3n) is 0. The molecule has 4 heavy (non-hydrogen) atoms. The lowest BCUT2D eigenvalue weighted by molar-refractivity contribution is 1.41. The minimum absolute atomic E-state index is 0.333. The average Bonchev–Trinajstić information content (AvgIpc) is 0.722. The Hall–Kier alpha value is 0.495. The smallest absolute Gasteiger partial charge is 0.110 e. The molecule has 2 unspecified atom stereocenters. The maximum Gasteiger partial charge on any atom is 0.110 e. The second kappa shape index (κ2) is 1.78. The predicted molar refractivity (Wildman–Crippen MR) is 27.7 cm³/mol. The van der Waals surface area contributed by atoms with Gasteiger partial charge in [-0.3, -0.25) is 0 Å². The van der Waals surface area contributed by atoms with Crippen molar-refractivity contribution in [2.24, 2.45) is 0 Å². The van der Waals surface area contributed by atoms with E-state index in [0.717, 1.165) is 0 Å². The van der Waals surface area contributed by atoms with Gasteiger partial charge >= 0.3 is 0 Å². The highest BCUT2D eigenvalue weighted by Crippen LogP contribution is 1.85. The lowest BCUT2D eigenvalue weighted by atomic mass is 10.1. The van der Waals surface area contributed by atoms with Crippen molar-refractivity contribution in [1.82, 2.24) is 0 Å². The van der Waals surface area contributed by atoms with Crippen LogP contribution in [0.1, 0.15) is 8.29 Å². The third kappa shape index (κ3) is 22.8. The van der Waals surface area contributed by atoms with Crippen LogP contribution in [0.25, 0.3) is 0 Å². The third-order valence-corrected chi connectivity index (χ3v) is 0. The quantitative estimate of drug-likeness (QED) is 0.278. The summed E-state index contributed by atoms with van der Waals surface area (Å²) < 4.78 is 6.90. The number of rotatable bonds is 0. The summed E-state index contributed by atoms with van der Waals surface area (Å²) in [6, 6.07) is 0. The largest absolute Gasteiger partial charge is 0.143 e. The molecule has 0 rings (SSSR count). The van der Waals surface area contributed by atoms with Gasteiger partial charge in [0, 0.05) is 1.37 Å².